The van der Waals surface area contributed by atoms with Gasteiger partial charge in [0.25, 0.3) is 0 Å². The van der Waals surface area contributed by atoms with Gasteiger partial charge in [-0.2, -0.15) is 9.97 Å². The van der Waals surface area contributed by atoms with Gasteiger partial charge in [0, 0.05) is 68.2 Å². The molecule has 3 aliphatic heterocycles. The molecule has 254 valence electrons. The van der Waals surface area contributed by atoms with E-state index in [1.165, 1.54) is 31.5 Å². The first-order valence-electron chi connectivity index (χ1n) is 16.2. The van der Waals surface area contributed by atoms with E-state index in [1.54, 1.807) is 6.07 Å². The van der Waals surface area contributed by atoms with Crippen LogP contribution in [0.2, 0.25) is 0 Å². The number of anilines is 1. The molecule has 4 aromatic rings. The number of nitrogens with one attached hydrogen (secondary N) is 1. The van der Waals surface area contributed by atoms with Crippen LogP contribution in [-0.4, -0.2) is 95.5 Å². The third-order valence-electron chi connectivity index (χ3n) is 10.4. The fourth-order valence-corrected chi connectivity index (χ4v) is 8.17. The Labute approximate surface area is 279 Å². The van der Waals surface area contributed by atoms with Crippen molar-refractivity contribution >= 4 is 33.6 Å². The quantitative estimate of drug-likeness (QED) is 0.190. The van der Waals surface area contributed by atoms with Gasteiger partial charge < -0.3 is 29.5 Å². The molecule has 8 rings (SSSR count). The second kappa shape index (κ2) is 11.9. The van der Waals surface area contributed by atoms with E-state index >= 15 is 4.39 Å². The molecular formula is C35H33F3N6O5. The molecule has 1 amide bonds. The van der Waals surface area contributed by atoms with E-state index in [0.717, 1.165) is 19.4 Å². The topological polar surface area (TPSA) is 122 Å². The van der Waals surface area contributed by atoms with Gasteiger partial charge in [-0.25, -0.2) is 18.0 Å². The van der Waals surface area contributed by atoms with E-state index in [4.69, 9.17) is 25.6 Å². The largest absolute Gasteiger partial charge is 0.468 e. The van der Waals surface area contributed by atoms with Gasteiger partial charge >= 0.3 is 12.1 Å². The molecule has 2 N–H and O–H groups in total. The summed E-state index contributed by atoms with van der Waals surface area (Å²) in [6.07, 6.45) is 7.21. The summed E-state index contributed by atoms with van der Waals surface area (Å²) in [5.41, 5.74) is -0.546. The third-order valence-corrected chi connectivity index (χ3v) is 10.4. The summed E-state index contributed by atoms with van der Waals surface area (Å²) in [4.78, 5) is 29.1. The molecule has 0 bridgehead atoms. The molecule has 2 aromatic carbocycles. The monoisotopic (exact) mass is 674 g/mol. The first kappa shape index (κ1) is 31.4. The van der Waals surface area contributed by atoms with Crippen LogP contribution in [-0.2, 0) is 4.74 Å². The number of ether oxygens (including phenoxy) is 3. The Morgan fingerprint density at radius 1 is 1.18 bits per heavy atom. The average Bonchev–Trinajstić information content (AvgIpc) is 3.41. The van der Waals surface area contributed by atoms with Crippen LogP contribution in [0.1, 0.15) is 24.8 Å². The number of halogens is 3. The molecule has 49 heavy (non-hydrogen) atoms. The van der Waals surface area contributed by atoms with Crippen LogP contribution in [0, 0.1) is 35.8 Å². The van der Waals surface area contributed by atoms with Crippen LogP contribution in [0.3, 0.4) is 0 Å². The minimum Gasteiger partial charge on any atom is -0.468 e. The zero-order chi connectivity index (χ0) is 34.0. The number of hydrogen-bond donors (Lipinski definition) is 2. The van der Waals surface area contributed by atoms with Crippen molar-refractivity contribution < 1.29 is 37.3 Å². The highest BCUT2D eigenvalue weighted by atomic mass is 19.1. The van der Waals surface area contributed by atoms with Crippen molar-refractivity contribution in [1.29, 1.82) is 0 Å². The molecule has 1 saturated carbocycles. The molecule has 3 saturated heterocycles. The lowest BCUT2D eigenvalue weighted by Crippen LogP contribution is -2.43. The minimum atomic E-state index is -1.08. The average molecular weight is 675 g/mol. The SMILES string of the molecule is C#Cc1c(F)ccc2cc(OCOC)cc(-c3ncc4c(N5C[C@@H]6C(NC(=O)O)[C@@H]6C5)nc(OC[C@@]56CCCN5C[C@H](F)C6)nc4c3F)c12. The van der Waals surface area contributed by atoms with E-state index in [0.29, 0.717) is 48.4 Å². The van der Waals surface area contributed by atoms with Crippen LogP contribution in [0.25, 0.3) is 32.9 Å². The number of piperidine rings is 1. The number of nitrogens with zero attached hydrogens (tertiary/aromatic N) is 5. The maximum Gasteiger partial charge on any atom is 0.404 e. The Morgan fingerprint density at radius 3 is 2.76 bits per heavy atom. The van der Waals surface area contributed by atoms with E-state index in [9.17, 15) is 18.7 Å². The minimum absolute atomic E-state index is 0.0524. The van der Waals surface area contributed by atoms with Gasteiger partial charge in [-0.05, 0) is 43.0 Å². The molecule has 0 radical (unpaired) electrons. The van der Waals surface area contributed by atoms with Crippen LogP contribution < -0.4 is 19.7 Å². The second-order valence-electron chi connectivity index (χ2n) is 13.3. The molecule has 2 aromatic heterocycles. The van der Waals surface area contributed by atoms with Gasteiger partial charge in [0.05, 0.1) is 16.5 Å². The van der Waals surface area contributed by atoms with Crippen molar-refractivity contribution in [3.05, 3.63) is 47.7 Å². The summed E-state index contributed by atoms with van der Waals surface area (Å²) >= 11 is 0. The Morgan fingerprint density at radius 2 is 2.00 bits per heavy atom. The molecule has 1 aliphatic carbocycles. The van der Waals surface area contributed by atoms with Crippen molar-refractivity contribution in [2.24, 2.45) is 11.8 Å². The Hall–Kier alpha value is -4.87. The summed E-state index contributed by atoms with van der Waals surface area (Å²) in [6, 6.07) is 5.73. The summed E-state index contributed by atoms with van der Waals surface area (Å²) in [5.74, 6) is 1.83. The Bertz CT molecular complexity index is 2030. The van der Waals surface area contributed by atoms with Crippen molar-refractivity contribution in [2.45, 2.75) is 37.0 Å². The maximum absolute atomic E-state index is 17.0. The Kier molecular flexibility index (Phi) is 7.64. The number of methoxy groups -OCH3 is 1. The van der Waals surface area contributed by atoms with E-state index in [2.05, 4.69) is 26.1 Å². The number of hydrogen-bond acceptors (Lipinski definition) is 9. The number of carbonyl (C=O) groups is 1. The number of amides is 1. The molecule has 4 aliphatic rings. The lowest BCUT2D eigenvalue weighted by molar-refractivity contribution is 0.0512. The van der Waals surface area contributed by atoms with Gasteiger partial charge in [-0.15, -0.1) is 6.42 Å². The van der Waals surface area contributed by atoms with Crippen molar-refractivity contribution in [1.82, 2.24) is 25.2 Å². The zero-order valence-corrected chi connectivity index (χ0v) is 26.6. The molecule has 1 unspecified atom stereocenters. The van der Waals surface area contributed by atoms with Crippen LogP contribution in [0.4, 0.5) is 23.8 Å². The summed E-state index contributed by atoms with van der Waals surface area (Å²) in [6.45, 7) is 2.16. The second-order valence-corrected chi connectivity index (χ2v) is 13.3. The summed E-state index contributed by atoms with van der Waals surface area (Å²) in [7, 11) is 1.47. The predicted octanol–water partition coefficient (Wildman–Crippen LogP) is 4.74. The van der Waals surface area contributed by atoms with E-state index < -0.39 is 29.4 Å². The number of rotatable bonds is 9. The van der Waals surface area contributed by atoms with Crippen LogP contribution in [0.15, 0.2) is 30.5 Å². The standard InChI is InChI=1S/C35H33F3N6O5/c1-3-21-26(37)6-5-18-9-20(49-17-47-2)10-22(27(18)21)30-28(38)31-23(12-39-30)32(43-14-24-25(15-43)29(24)41-34(45)46)42-33(40-31)48-16-35-7-4-8-44(35)13-19(36)11-35/h1,5-6,9-10,12,19,24-25,29,41H,4,7-8,11,13-17H2,2H3,(H,45,46)/t19-,24-,25+,29?,35+/m1/s1. The van der Waals surface area contributed by atoms with Gasteiger partial charge in [0.15, 0.2) is 12.6 Å². The molecule has 0 spiro atoms. The molecule has 4 fully saturated rings. The van der Waals surface area contributed by atoms with Crippen molar-refractivity contribution in [3.8, 4) is 35.4 Å². The number of aromatic nitrogens is 3. The number of terminal acetylenes is 1. The fourth-order valence-electron chi connectivity index (χ4n) is 8.17. The highest BCUT2D eigenvalue weighted by Gasteiger charge is 2.57. The molecule has 11 nitrogen and oxygen atoms in total. The third kappa shape index (κ3) is 5.32. The summed E-state index contributed by atoms with van der Waals surface area (Å²) in [5, 5.41) is 12.9. The van der Waals surface area contributed by atoms with Crippen molar-refractivity contribution in [2.75, 3.05) is 51.6 Å². The fraction of sp³-hybridized carbons (Fsp3) is 0.429. The molecule has 5 atom stereocenters. The zero-order valence-electron chi connectivity index (χ0n) is 26.6. The summed E-state index contributed by atoms with van der Waals surface area (Å²) < 4.78 is 63.4. The molecule has 5 heterocycles. The first-order valence-corrected chi connectivity index (χ1v) is 16.2. The number of alkyl halides is 1. The van der Waals surface area contributed by atoms with E-state index in [1.807, 2.05) is 4.90 Å². The number of benzene rings is 2. The number of carboxylic acid groups (broad SMARTS) is 1. The smallest absolute Gasteiger partial charge is 0.404 e. The van der Waals surface area contributed by atoms with Crippen LogP contribution >= 0.6 is 0 Å². The van der Waals surface area contributed by atoms with Gasteiger partial charge in [0.2, 0.25) is 0 Å². The highest BCUT2D eigenvalue weighted by Crippen LogP contribution is 2.48. The van der Waals surface area contributed by atoms with Gasteiger partial charge in [-0.3, -0.25) is 9.88 Å². The Balaban J connectivity index is 1.24. The van der Waals surface area contributed by atoms with Crippen LogP contribution in [0.5, 0.6) is 11.8 Å². The highest BCUT2D eigenvalue weighted by molar-refractivity contribution is 6.03. The maximum atomic E-state index is 17.0. The number of pyridine rings is 1. The molecule has 14 heteroatoms. The van der Waals surface area contributed by atoms with Gasteiger partial charge in [0.1, 0.15) is 41.4 Å². The van der Waals surface area contributed by atoms with E-state index in [-0.39, 0.29) is 65.0 Å². The first-order chi connectivity index (χ1) is 23.7. The lowest BCUT2D eigenvalue weighted by atomic mass is 9.95. The predicted molar refractivity (Wildman–Crippen MR) is 173 cm³/mol. The normalized spacial score (nSPS) is 25.7. The van der Waals surface area contributed by atoms with Gasteiger partial charge in [-0.1, -0.05) is 12.0 Å². The lowest BCUT2D eigenvalue weighted by Gasteiger charge is -2.31. The number of fused-ring (bicyclic) bond motifs is 4. The van der Waals surface area contributed by atoms with Crippen molar-refractivity contribution in [3.63, 3.8) is 0 Å². The molecular weight excluding hydrogens is 641 g/mol.